The Kier molecular flexibility index (Phi) is 7.71. The molecule has 0 saturated heterocycles. The number of carbonyl (C=O) groups is 1. The third kappa shape index (κ3) is 4.94. The summed E-state index contributed by atoms with van der Waals surface area (Å²) >= 11 is 6.24. The maximum atomic E-state index is 16.7. The number of hydrogen-bond donors (Lipinski definition) is 2. The quantitative estimate of drug-likeness (QED) is 0.286. The summed E-state index contributed by atoms with van der Waals surface area (Å²) in [5.74, 6) is -1.10. The van der Waals surface area contributed by atoms with Crippen LogP contribution in [0.2, 0.25) is 5.02 Å². The van der Waals surface area contributed by atoms with E-state index in [-0.39, 0.29) is 53.6 Å². The molecule has 2 atom stereocenters. The van der Waals surface area contributed by atoms with Crippen molar-refractivity contribution in [2.24, 2.45) is 13.0 Å². The third-order valence-electron chi connectivity index (χ3n) is 8.51. The van der Waals surface area contributed by atoms with Crippen LogP contribution in [-0.2, 0) is 29.7 Å². The van der Waals surface area contributed by atoms with Gasteiger partial charge in [0.1, 0.15) is 23.3 Å². The SMILES string of the molecule is CCC(O)(c1cc(F)c2c(c1)C(=O)N(Cc1ncc(C#N)cn1)[C@@]2(OC[C@H]1C[C@H](O)C1)c1ccc(Cl)cc1)c1cn(C)cn1. The Morgan fingerprint density at radius 2 is 1.91 bits per heavy atom. The number of hydrogen-bond acceptors (Lipinski definition) is 8. The molecule has 0 radical (unpaired) electrons. The van der Waals surface area contributed by atoms with Crippen LogP contribution in [0.3, 0.4) is 0 Å². The fourth-order valence-corrected chi connectivity index (χ4v) is 6.17. The van der Waals surface area contributed by atoms with Crippen LogP contribution in [0.25, 0.3) is 0 Å². The molecule has 1 aliphatic carbocycles. The fraction of sp³-hybridized carbons (Fsp3) is 0.344. The predicted molar refractivity (Wildman–Crippen MR) is 156 cm³/mol. The summed E-state index contributed by atoms with van der Waals surface area (Å²) in [5.41, 5.74) is -2.24. The second-order valence-electron chi connectivity index (χ2n) is 11.4. The molecule has 2 N–H and O–H groups in total. The number of imidazole rings is 1. The molecule has 0 spiro atoms. The molecule has 3 heterocycles. The van der Waals surface area contributed by atoms with Crippen molar-refractivity contribution >= 4 is 17.5 Å². The highest BCUT2D eigenvalue weighted by Crippen LogP contribution is 2.49. The summed E-state index contributed by atoms with van der Waals surface area (Å²) in [6, 6.07) is 11.3. The van der Waals surface area contributed by atoms with Gasteiger partial charge in [-0.25, -0.2) is 19.3 Å². The molecule has 2 aromatic carbocycles. The molecule has 12 heteroatoms. The van der Waals surface area contributed by atoms with Gasteiger partial charge in [0, 0.05) is 36.2 Å². The summed E-state index contributed by atoms with van der Waals surface area (Å²) in [5, 5.41) is 31.4. The molecule has 0 bridgehead atoms. The van der Waals surface area contributed by atoms with Gasteiger partial charge in [-0.15, -0.1) is 0 Å². The highest BCUT2D eigenvalue weighted by atomic mass is 35.5. The molecule has 1 aliphatic heterocycles. The molecule has 1 amide bonds. The lowest BCUT2D eigenvalue weighted by atomic mass is 9.82. The molecule has 2 aliphatic rings. The van der Waals surface area contributed by atoms with Crippen molar-refractivity contribution in [3.8, 4) is 6.07 Å². The van der Waals surface area contributed by atoms with E-state index in [2.05, 4.69) is 15.0 Å². The minimum absolute atomic E-state index is 0.00184. The smallest absolute Gasteiger partial charge is 0.257 e. The molecular weight excluding hydrogens is 587 g/mol. The lowest BCUT2D eigenvalue weighted by molar-refractivity contribution is -0.139. The van der Waals surface area contributed by atoms with E-state index >= 15 is 4.39 Å². The van der Waals surface area contributed by atoms with Crippen LogP contribution in [0.1, 0.15) is 70.3 Å². The number of rotatable bonds is 9. The van der Waals surface area contributed by atoms with Crippen molar-refractivity contribution in [1.82, 2.24) is 24.4 Å². The van der Waals surface area contributed by atoms with Gasteiger partial charge in [0.15, 0.2) is 5.72 Å². The topological polar surface area (TPSA) is 137 Å². The lowest BCUT2D eigenvalue weighted by Crippen LogP contribution is -2.48. The lowest BCUT2D eigenvalue weighted by Gasteiger charge is -2.42. The predicted octanol–water partition coefficient (Wildman–Crippen LogP) is 4.16. The molecule has 6 rings (SSSR count). The van der Waals surface area contributed by atoms with Gasteiger partial charge in [-0.05, 0) is 55.0 Å². The van der Waals surface area contributed by atoms with Gasteiger partial charge in [-0.3, -0.25) is 9.69 Å². The van der Waals surface area contributed by atoms with Crippen LogP contribution < -0.4 is 0 Å². The second kappa shape index (κ2) is 11.4. The van der Waals surface area contributed by atoms with Crippen LogP contribution in [0, 0.1) is 23.1 Å². The van der Waals surface area contributed by atoms with Crippen LogP contribution >= 0.6 is 11.6 Å². The van der Waals surface area contributed by atoms with Crippen molar-refractivity contribution < 1.29 is 24.1 Å². The van der Waals surface area contributed by atoms with E-state index in [1.165, 1.54) is 29.4 Å². The summed E-state index contributed by atoms with van der Waals surface area (Å²) in [7, 11) is 1.77. The molecular formula is C32H30ClFN6O4. The Bertz CT molecular complexity index is 1750. The van der Waals surface area contributed by atoms with Gasteiger partial charge in [-0.2, -0.15) is 5.26 Å². The van der Waals surface area contributed by atoms with Gasteiger partial charge in [-0.1, -0.05) is 30.7 Å². The van der Waals surface area contributed by atoms with E-state index in [9.17, 15) is 20.3 Å². The number of carbonyl (C=O) groups excluding carboxylic acids is 1. The van der Waals surface area contributed by atoms with Crippen molar-refractivity contribution in [1.29, 1.82) is 5.26 Å². The Labute approximate surface area is 258 Å². The van der Waals surface area contributed by atoms with Gasteiger partial charge in [0.2, 0.25) is 0 Å². The van der Waals surface area contributed by atoms with E-state index < -0.39 is 29.2 Å². The standard InChI is InChI=1S/C32H30ClFN6O4/c1-3-31(43,27-15-39(2)18-38-27)22-10-25-29(26(34)11-22)32(21-4-6-23(33)7-5-21,44-17-19-8-24(41)9-19)40(30(25)42)16-28-36-13-20(12-35)14-37-28/h4-7,10-11,13-15,18-19,24,41,43H,3,8-9,16-17H2,1-2H3/t19-,24-,31?,32-/m1/s1. The number of benzene rings is 2. The maximum Gasteiger partial charge on any atom is 0.257 e. The number of fused-ring (bicyclic) bond motifs is 1. The number of amides is 1. The zero-order chi connectivity index (χ0) is 31.2. The number of aromatic nitrogens is 4. The first-order valence-corrected chi connectivity index (χ1v) is 14.6. The number of halogens is 2. The van der Waals surface area contributed by atoms with Crippen LogP contribution in [0.5, 0.6) is 0 Å². The van der Waals surface area contributed by atoms with E-state index in [0.717, 1.165) is 0 Å². The van der Waals surface area contributed by atoms with E-state index in [0.29, 0.717) is 29.1 Å². The van der Waals surface area contributed by atoms with Gasteiger partial charge in [0.25, 0.3) is 5.91 Å². The minimum Gasteiger partial charge on any atom is -0.393 e. The van der Waals surface area contributed by atoms with Gasteiger partial charge < -0.3 is 19.5 Å². The second-order valence-corrected chi connectivity index (χ2v) is 11.8. The fourth-order valence-electron chi connectivity index (χ4n) is 6.04. The molecule has 226 valence electrons. The van der Waals surface area contributed by atoms with Crippen LogP contribution in [-0.4, -0.2) is 53.3 Å². The summed E-state index contributed by atoms with van der Waals surface area (Å²) < 4.78 is 25.1. The average molecular weight is 617 g/mol. The van der Waals surface area contributed by atoms with E-state index in [1.807, 2.05) is 6.07 Å². The maximum absolute atomic E-state index is 16.7. The minimum atomic E-state index is -1.76. The van der Waals surface area contributed by atoms with Gasteiger partial charge >= 0.3 is 0 Å². The molecule has 1 saturated carbocycles. The summed E-state index contributed by atoms with van der Waals surface area (Å²) in [4.78, 5) is 28.6. The van der Waals surface area contributed by atoms with E-state index in [1.54, 1.807) is 55.3 Å². The molecule has 4 aromatic rings. The first-order valence-electron chi connectivity index (χ1n) is 14.3. The van der Waals surface area contributed by atoms with Crippen molar-refractivity contribution in [2.75, 3.05) is 6.61 Å². The summed E-state index contributed by atoms with van der Waals surface area (Å²) in [6.07, 6.45) is 6.67. The average Bonchev–Trinajstić information content (AvgIpc) is 3.55. The molecule has 2 aromatic heterocycles. The Morgan fingerprint density at radius 1 is 1.20 bits per heavy atom. The third-order valence-corrected chi connectivity index (χ3v) is 8.76. The van der Waals surface area contributed by atoms with Crippen LogP contribution in [0.15, 0.2) is 61.3 Å². The zero-order valence-electron chi connectivity index (χ0n) is 24.1. The first kappa shape index (κ1) is 29.8. The molecule has 1 fully saturated rings. The van der Waals surface area contributed by atoms with Gasteiger partial charge in [0.05, 0.1) is 48.0 Å². The number of nitrogens with zero attached hydrogens (tertiary/aromatic N) is 6. The Balaban J connectivity index is 1.55. The Hall–Kier alpha value is -4.21. The van der Waals surface area contributed by atoms with Crippen molar-refractivity contribution in [3.05, 3.63) is 111 Å². The molecule has 10 nitrogen and oxygen atoms in total. The molecule has 1 unspecified atom stereocenters. The number of aliphatic hydroxyl groups is 2. The normalized spacial score (nSPS) is 22.3. The number of aryl methyl sites for hydroxylation is 1. The van der Waals surface area contributed by atoms with E-state index in [4.69, 9.17) is 16.3 Å². The number of ether oxygens (including phenoxy) is 1. The molecule has 44 heavy (non-hydrogen) atoms. The van der Waals surface area contributed by atoms with Crippen molar-refractivity contribution in [3.63, 3.8) is 0 Å². The zero-order valence-corrected chi connectivity index (χ0v) is 24.9. The monoisotopic (exact) mass is 616 g/mol. The summed E-state index contributed by atoms with van der Waals surface area (Å²) in [6.45, 7) is 1.71. The first-order chi connectivity index (χ1) is 21.1. The number of aliphatic hydroxyl groups excluding tert-OH is 1. The largest absolute Gasteiger partial charge is 0.393 e. The Morgan fingerprint density at radius 3 is 2.50 bits per heavy atom. The van der Waals surface area contributed by atoms with Crippen molar-refractivity contribution in [2.45, 2.75) is 50.2 Å². The highest BCUT2D eigenvalue weighted by Gasteiger charge is 2.55. The highest BCUT2D eigenvalue weighted by molar-refractivity contribution is 6.30. The van der Waals surface area contributed by atoms with Crippen LogP contribution in [0.4, 0.5) is 4.39 Å². The number of nitriles is 1.